The molecular weight excluding hydrogens is 303 g/mol. The van der Waals surface area contributed by atoms with E-state index in [1.165, 1.54) is 0 Å². The van der Waals surface area contributed by atoms with Gasteiger partial charge in [-0.3, -0.25) is 0 Å². The van der Waals surface area contributed by atoms with Crippen molar-refractivity contribution in [3.63, 3.8) is 0 Å². The maximum atomic E-state index is 8.94. The van der Waals surface area contributed by atoms with Crippen molar-refractivity contribution in [2.45, 2.75) is 6.92 Å². The molecule has 0 unspecified atom stereocenters. The lowest BCUT2D eigenvalue weighted by Crippen LogP contribution is -2.02. The number of nitrogens with zero attached hydrogens (tertiary/aromatic N) is 4. The minimum atomic E-state index is 0.528. The second-order valence-corrected chi connectivity index (χ2v) is 4.28. The third-order valence-corrected chi connectivity index (χ3v) is 2.46. The molecule has 0 aliphatic rings. The van der Waals surface area contributed by atoms with Crippen LogP contribution in [0.15, 0.2) is 24.5 Å². The van der Waals surface area contributed by atoms with Crippen LogP contribution in [-0.2, 0) is 0 Å². The van der Waals surface area contributed by atoms with Crippen LogP contribution in [0.5, 0.6) is 0 Å². The van der Waals surface area contributed by atoms with Crippen LogP contribution in [0, 0.1) is 21.8 Å². The minimum Gasteiger partial charge on any atom is -0.233 e. The molecule has 0 fully saturated rings. The SMILES string of the molecule is Cc1ccc(C#N)c(-n2cc(I)cn2)n1. The molecule has 15 heavy (non-hydrogen) atoms. The summed E-state index contributed by atoms with van der Waals surface area (Å²) in [6.45, 7) is 1.89. The van der Waals surface area contributed by atoms with Gasteiger partial charge < -0.3 is 0 Å². The Bertz CT molecular complexity index is 539. The fourth-order valence-corrected chi connectivity index (χ4v) is 1.61. The first-order valence-electron chi connectivity index (χ1n) is 4.29. The maximum Gasteiger partial charge on any atom is 0.171 e. The summed E-state index contributed by atoms with van der Waals surface area (Å²) in [5.41, 5.74) is 1.40. The molecule has 0 aromatic carbocycles. The van der Waals surface area contributed by atoms with Gasteiger partial charge in [-0.15, -0.1) is 0 Å². The Morgan fingerprint density at radius 1 is 1.47 bits per heavy atom. The summed E-state index contributed by atoms with van der Waals surface area (Å²) in [5, 5.41) is 13.1. The van der Waals surface area contributed by atoms with Crippen LogP contribution in [0.2, 0.25) is 0 Å². The first-order valence-corrected chi connectivity index (χ1v) is 5.37. The third-order valence-electron chi connectivity index (χ3n) is 1.90. The van der Waals surface area contributed by atoms with E-state index in [9.17, 15) is 0 Å². The fraction of sp³-hybridized carbons (Fsp3) is 0.100. The van der Waals surface area contributed by atoms with Crippen LogP contribution in [-0.4, -0.2) is 14.8 Å². The van der Waals surface area contributed by atoms with E-state index in [1.54, 1.807) is 16.9 Å². The van der Waals surface area contributed by atoms with Crippen molar-refractivity contribution in [1.29, 1.82) is 5.26 Å². The minimum absolute atomic E-state index is 0.528. The van der Waals surface area contributed by atoms with Gasteiger partial charge in [-0.25, -0.2) is 9.67 Å². The van der Waals surface area contributed by atoms with Crippen molar-refractivity contribution >= 4 is 22.6 Å². The summed E-state index contributed by atoms with van der Waals surface area (Å²) in [7, 11) is 0. The summed E-state index contributed by atoms with van der Waals surface area (Å²) in [6, 6.07) is 5.68. The molecule has 0 saturated heterocycles. The van der Waals surface area contributed by atoms with Crippen LogP contribution < -0.4 is 0 Å². The highest BCUT2D eigenvalue weighted by Crippen LogP contribution is 2.12. The van der Waals surface area contributed by atoms with Gasteiger partial charge in [0.15, 0.2) is 5.82 Å². The van der Waals surface area contributed by atoms with Crippen LogP contribution in [0.4, 0.5) is 0 Å². The third kappa shape index (κ3) is 1.99. The predicted octanol–water partition coefficient (Wildman–Crippen LogP) is 2.05. The average Bonchev–Trinajstić information content (AvgIpc) is 2.65. The summed E-state index contributed by atoms with van der Waals surface area (Å²) in [6.07, 6.45) is 3.56. The second-order valence-electron chi connectivity index (χ2n) is 3.04. The van der Waals surface area contributed by atoms with E-state index in [0.717, 1.165) is 9.26 Å². The Hall–Kier alpha value is -1.42. The van der Waals surface area contributed by atoms with Gasteiger partial charge in [0.25, 0.3) is 0 Å². The van der Waals surface area contributed by atoms with Crippen molar-refractivity contribution in [1.82, 2.24) is 14.8 Å². The Kier molecular flexibility index (Phi) is 2.68. The van der Waals surface area contributed by atoms with E-state index in [4.69, 9.17) is 5.26 Å². The maximum absolute atomic E-state index is 8.94. The monoisotopic (exact) mass is 310 g/mol. The Balaban J connectivity index is 2.61. The van der Waals surface area contributed by atoms with E-state index in [2.05, 4.69) is 38.7 Å². The predicted molar refractivity (Wildman–Crippen MR) is 63.5 cm³/mol. The molecule has 0 spiro atoms. The molecule has 4 nitrogen and oxygen atoms in total. The summed E-state index contributed by atoms with van der Waals surface area (Å²) in [5.74, 6) is 0.584. The molecule has 0 atom stereocenters. The summed E-state index contributed by atoms with van der Waals surface area (Å²) >= 11 is 2.17. The first kappa shape index (κ1) is 10.1. The van der Waals surface area contributed by atoms with Gasteiger partial charge in [0.2, 0.25) is 0 Å². The molecule has 0 amide bonds. The van der Waals surface area contributed by atoms with Crippen molar-refractivity contribution in [2.24, 2.45) is 0 Å². The molecule has 0 bridgehead atoms. The number of nitriles is 1. The molecule has 0 aliphatic heterocycles. The van der Waals surface area contributed by atoms with Gasteiger partial charge in [0.05, 0.1) is 15.3 Å². The molecule has 0 aliphatic carbocycles. The molecule has 5 heteroatoms. The lowest BCUT2D eigenvalue weighted by molar-refractivity contribution is 0.837. The van der Waals surface area contributed by atoms with Gasteiger partial charge in [-0.1, -0.05) is 0 Å². The smallest absolute Gasteiger partial charge is 0.171 e. The number of aryl methyl sites for hydroxylation is 1. The standard InChI is InChI=1S/C10H7IN4/c1-7-2-3-8(4-12)10(14-7)15-6-9(11)5-13-15/h2-3,5-6H,1H3. The molecule has 0 saturated carbocycles. The summed E-state index contributed by atoms with van der Waals surface area (Å²) < 4.78 is 2.63. The first-order chi connectivity index (χ1) is 7.20. The van der Waals surface area contributed by atoms with Crippen molar-refractivity contribution < 1.29 is 0 Å². The van der Waals surface area contributed by atoms with Crippen LogP contribution in [0.1, 0.15) is 11.3 Å². The highest BCUT2D eigenvalue weighted by molar-refractivity contribution is 14.1. The molecule has 2 heterocycles. The number of hydrogen-bond donors (Lipinski definition) is 0. The number of aromatic nitrogens is 3. The van der Waals surface area contributed by atoms with Gasteiger partial charge in [-0.2, -0.15) is 10.4 Å². The molecule has 2 aromatic heterocycles. The Labute approximate surface area is 101 Å². The van der Waals surface area contributed by atoms with Crippen LogP contribution in [0.25, 0.3) is 5.82 Å². The van der Waals surface area contributed by atoms with Gasteiger partial charge >= 0.3 is 0 Å². The molecule has 0 radical (unpaired) electrons. The van der Waals surface area contributed by atoms with E-state index in [-0.39, 0.29) is 0 Å². The van der Waals surface area contributed by atoms with E-state index < -0.39 is 0 Å². The number of halogens is 1. The van der Waals surface area contributed by atoms with Crippen LogP contribution >= 0.6 is 22.6 Å². The highest BCUT2D eigenvalue weighted by Gasteiger charge is 2.07. The zero-order valence-electron chi connectivity index (χ0n) is 7.98. The zero-order chi connectivity index (χ0) is 10.8. The van der Waals surface area contributed by atoms with Gasteiger partial charge in [0, 0.05) is 11.9 Å². The van der Waals surface area contributed by atoms with Crippen LogP contribution in [0.3, 0.4) is 0 Å². The largest absolute Gasteiger partial charge is 0.233 e. The van der Waals surface area contributed by atoms with Crippen molar-refractivity contribution in [3.05, 3.63) is 39.4 Å². The second kappa shape index (κ2) is 3.98. The Morgan fingerprint density at radius 3 is 2.87 bits per heavy atom. The lowest BCUT2D eigenvalue weighted by Gasteiger charge is -2.03. The molecule has 2 aromatic rings. The van der Waals surface area contributed by atoms with Crippen molar-refractivity contribution in [3.8, 4) is 11.9 Å². The zero-order valence-corrected chi connectivity index (χ0v) is 10.1. The topological polar surface area (TPSA) is 54.5 Å². The fourth-order valence-electron chi connectivity index (χ4n) is 1.22. The van der Waals surface area contributed by atoms with E-state index in [0.29, 0.717) is 11.4 Å². The molecule has 2 rings (SSSR count). The highest BCUT2D eigenvalue weighted by atomic mass is 127. The molecule has 74 valence electrons. The molecular formula is C10H7IN4. The number of hydrogen-bond acceptors (Lipinski definition) is 3. The Morgan fingerprint density at radius 2 is 2.27 bits per heavy atom. The number of pyridine rings is 1. The lowest BCUT2D eigenvalue weighted by atomic mass is 10.2. The van der Waals surface area contributed by atoms with Crippen molar-refractivity contribution in [2.75, 3.05) is 0 Å². The molecule has 0 N–H and O–H groups in total. The number of rotatable bonds is 1. The van der Waals surface area contributed by atoms with Gasteiger partial charge in [-0.05, 0) is 41.6 Å². The van der Waals surface area contributed by atoms with E-state index >= 15 is 0 Å². The average molecular weight is 310 g/mol. The van der Waals surface area contributed by atoms with Gasteiger partial charge in [0.1, 0.15) is 6.07 Å². The van der Waals surface area contributed by atoms with E-state index in [1.807, 2.05) is 19.2 Å². The normalized spacial score (nSPS) is 9.93. The quantitative estimate of drug-likeness (QED) is 0.758. The summed E-state index contributed by atoms with van der Waals surface area (Å²) in [4.78, 5) is 4.30.